The van der Waals surface area contributed by atoms with Gasteiger partial charge in [0, 0.05) is 6.61 Å². The standard InChI is InChI=1S/C10H20O/c1-4-10-9(8(2)3)6-5-7-11-10/h8-10H,4-7H2,1-3H3. The van der Waals surface area contributed by atoms with Crippen LogP contribution in [0.1, 0.15) is 40.0 Å². The zero-order valence-electron chi connectivity index (χ0n) is 7.97. The summed E-state index contributed by atoms with van der Waals surface area (Å²) in [5.74, 6) is 1.61. The summed E-state index contributed by atoms with van der Waals surface area (Å²) in [5, 5.41) is 0. The van der Waals surface area contributed by atoms with Crippen molar-refractivity contribution < 1.29 is 4.74 Å². The predicted octanol–water partition coefficient (Wildman–Crippen LogP) is 2.85. The Morgan fingerprint density at radius 3 is 2.64 bits per heavy atom. The smallest absolute Gasteiger partial charge is 0.0603 e. The van der Waals surface area contributed by atoms with Crippen molar-refractivity contribution in [2.24, 2.45) is 11.8 Å². The molecule has 0 radical (unpaired) electrons. The number of ether oxygens (including phenoxy) is 1. The first-order valence-corrected chi connectivity index (χ1v) is 4.87. The van der Waals surface area contributed by atoms with Gasteiger partial charge >= 0.3 is 0 Å². The molecule has 0 aromatic carbocycles. The van der Waals surface area contributed by atoms with Crippen LogP contribution in [0.15, 0.2) is 0 Å². The quantitative estimate of drug-likeness (QED) is 0.597. The molecule has 1 heterocycles. The van der Waals surface area contributed by atoms with E-state index in [9.17, 15) is 0 Å². The van der Waals surface area contributed by atoms with Crippen LogP contribution in [0.3, 0.4) is 0 Å². The lowest BCUT2D eigenvalue weighted by Crippen LogP contribution is -2.32. The fourth-order valence-corrected chi connectivity index (χ4v) is 2.05. The zero-order valence-corrected chi connectivity index (χ0v) is 7.97. The normalized spacial score (nSPS) is 32.7. The van der Waals surface area contributed by atoms with Gasteiger partial charge in [-0.05, 0) is 31.1 Å². The van der Waals surface area contributed by atoms with E-state index in [1.807, 2.05) is 0 Å². The largest absolute Gasteiger partial charge is 0.378 e. The molecule has 0 bridgehead atoms. The molecular weight excluding hydrogens is 136 g/mol. The lowest BCUT2D eigenvalue weighted by molar-refractivity contribution is -0.0430. The molecule has 2 unspecified atom stereocenters. The van der Waals surface area contributed by atoms with E-state index in [1.165, 1.54) is 19.3 Å². The minimum Gasteiger partial charge on any atom is -0.378 e. The number of rotatable bonds is 2. The number of hydrogen-bond donors (Lipinski definition) is 0. The van der Waals surface area contributed by atoms with Gasteiger partial charge in [0.2, 0.25) is 0 Å². The van der Waals surface area contributed by atoms with Crippen LogP contribution in [0, 0.1) is 11.8 Å². The Bertz CT molecular complexity index is 109. The molecule has 1 saturated heterocycles. The highest BCUT2D eigenvalue weighted by atomic mass is 16.5. The maximum absolute atomic E-state index is 5.70. The van der Waals surface area contributed by atoms with E-state index in [0.717, 1.165) is 18.4 Å². The first-order chi connectivity index (χ1) is 5.25. The van der Waals surface area contributed by atoms with Gasteiger partial charge < -0.3 is 4.74 Å². The van der Waals surface area contributed by atoms with Crippen LogP contribution in [0.4, 0.5) is 0 Å². The van der Waals surface area contributed by atoms with E-state index in [0.29, 0.717) is 6.10 Å². The summed E-state index contributed by atoms with van der Waals surface area (Å²) in [6, 6.07) is 0. The van der Waals surface area contributed by atoms with Crippen molar-refractivity contribution in [3.05, 3.63) is 0 Å². The molecule has 2 atom stereocenters. The topological polar surface area (TPSA) is 9.23 Å². The van der Waals surface area contributed by atoms with Crippen molar-refractivity contribution in [1.82, 2.24) is 0 Å². The van der Waals surface area contributed by atoms with E-state index >= 15 is 0 Å². The minimum absolute atomic E-state index is 0.545. The third-order valence-electron chi connectivity index (χ3n) is 2.75. The molecule has 0 aromatic rings. The highest BCUT2D eigenvalue weighted by Crippen LogP contribution is 2.28. The van der Waals surface area contributed by atoms with Crippen LogP contribution in [-0.4, -0.2) is 12.7 Å². The average Bonchev–Trinajstić information content (AvgIpc) is 2.04. The lowest BCUT2D eigenvalue weighted by atomic mass is 9.84. The minimum atomic E-state index is 0.545. The maximum atomic E-state index is 5.70. The van der Waals surface area contributed by atoms with Gasteiger partial charge in [0.05, 0.1) is 6.10 Å². The van der Waals surface area contributed by atoms with Crippen LogP contribution in [-0.2, 0) is 4.74 Å². The highest BCUT2D eigenvalue weighted by molar-refractivity contribution is 4.75. The molecule has 0 spiro atoms. The van der Waals surface area contributed by atoms with Crippen LogP contribution in [0.25, 0.3) is 0 Å². The molecule has 0 aromatic heterocycles. The molecule has 1 aliphatic rings. The summed E-state index contributed by atoms with van der Waals surface area (Å²) in [7, 11) is 0. The van der Waals surface area contributed by atoms with E-state index in [2.05, 4.69) is 20.8 Å². The second kappa shape index (κ2) is 4.10. The van der Waals surface area contributed by atoms with Crippen molar-refractivity contribution in [3.63, 3.8) is 0 Å². The van der Waals surface area contributed by atoms with E-state index in [4.69, 9.17) is 4.74 Å². The second-order valence-corrected chi connectivity index (χ2v) is 3.87. The second-order valence-electron chi connectivity index (χ2n) is 3.87. The van der Waals surface area contributed by atoms with Crippen molar-refractivity contribution in [2.75, 3.05) is 6.61 Å². The third kappa shape index (κ3) is 2.19. The molecule has 0 amide bonds. The van der Waals surface area contributed by atoms with Gasteiger partial charge in [0.15, 0.2) is 0 Å². The van der Waals surface area contributed by atoms with Gasteiger partial charge in [-0.15, -0.1) is 0 Å². The van der Waals surface area contributed by atoms with E-state index in [-0.39, 0.29) is 0 Å². The summed E-state index contributed by atoms with van der Waals surface area (Å²) >= 11 is 0. The van der Waals surface area contributed by atoms with E-state index in [1.54, 1.807) is 0 Å². The fraction of sp³-hybridized carbons (Fsp3) is 1.00. The monoisotopic (exact) mass is 156 g/mol. The van der Waals surface area contributed by atoms with Gasteiger partial charge in [-0.3, -0.25) is 0 Å². The molecule has 11 heavy (non-hydrogen) atoms. The molecule has 1 fully saturated rings. The summed E-state index contributed by atoms with van der Waals surface area (Å²) in [6.45, 7) is 7.83. The third-order valence-corrected chi connectivity index (χ3v) is 2.75. The van der Waals surface area contributed by atoms with Gasteiger partial charge in [0.25, 0.3) is 0 Å². The Morgan fingerprint density at radius 1 is 1.45 bits per heavy atom. The molecule has 0 aliphatic carbocycles. The maximum Gasteiger partial charge on any atom is 0.0603 e. The molecule has 0 N–H and O–H groups in total. The Kier molecular flexibility index (Phi) is 3.38. The van der Waals surface area contributed by atoms with Gasteiger partial charge in [0.1, 0.15) is 0 Å². The summed E-state index contributed by atoms with van der Waals surface area (Å²) in [4.78, 5) is 0. The van der Waals surface area contributed by atoms with Crippen molar-refractivity contribution in [2.45, 2.75) is 46.1 Å². The molecule has 1 aliphatic heterocycles. The van der Waals surface area contributed by atoms with Crippen molar-refractivity contribution in [1.29, 1.82) is 0 Å². The Labute approximate surface area is 70.1 Å². The van der Waals surface area contributed by atoms with Gasteiger partial charge in [-0.1, -0.05) is 20.8 Å². The van der Waals surface area contributed by atoms with Gasteiger partial charge in [-0.25, -0.2) is 0 Å². The van der Waals surface area contributed by atoms with Crippen molar-refractivity contribution >= 4 is 0 Å². The molecule has 1 nitrogen and oxygen atoms in total. The molecule has 1 rings (SSSR count). The van der Waals surface area contributed by atoms with Gasteiger partial charge in [-0.2, -0.15) is 0 Å². The Balaban J connectivity index is 2.44. The van der Waals surface area contributed by atoms with Crippen LogP contribution in [0.5, 0.6) is 0 Å². The molecular formula is C10H20O. The first-order valence-electron chi connectivity index (χ1n) is 4.87. The lowest BCUT2D eigenvalue weighted by Gasteiger charge is -2.33. The Hall–Kier alpha value is -0.0400. The SMILES string of the molecule is CCC1OCCCC1C(C)C. The van der Waals surface area contributed by atoms with Crippen LogP contribution >= 0.6 is 0 Å². The molecule has 0 saturated carbocycles. The first kappa shape index (κ1) is 9.05. The highest BCUT2D eigenvalue weighted by Gasteiger charge is 2.26. The fourth-order valence-electron chi connectivity index (χ4n) is 2.05. The molecule has 66 valence electrons. The van der Waals surface area contributed by atoms with Crippen LogP contribution < -0.4 is 0 Å². The average molecular weight is 156 g/mol. The van der Waals surface area contributed by atoms with E-state index < -0.39 is 0 Å². The predicted molar refractivity (Wildman–Crippen MR) is 47.6 cm³/mol. The summed E-state index contributed by atoms with van der Waals surface area (Å²) in [6.07, 6.45) is 4.36. The van der Waals surface area contributed by atoms with Crippen molar-refractivity contribution in [3.8, 4) is 0 Å². The van der Waals surface area contributed by atoms with Crippen LogP contribution in [0.2, 0.25) is 0 Å². The summed E-state index contributed by atoms with van der Waals surface area (Å²) < 4.78 is 5.70. The zero-order chi connectivity index (χ0) is 8.27. The number of hydrogen-bond acceptors (Lipinski definition) is 1. The molecule has 1 heteroatoms. The Morgan fingerprint density at radius 2 is 2.18 bits per heavy atom. The summed E-state index contributed by atoms with van der Waals surface area (Å²) in [5.41, 5.74) is 0.